The smallest absolute Gasteiger partial charge is 0.351 e. The number of nitrogens with zero attached hydrogens (tertiary/aromatic N) is 1. The number of halogens is 1. The Morgan fingerprint density at radius 2 is 1.80 bits per heavy atom. The van der Waals surface area contributed by atoms with Crippen LogP contribution in [0.1, 0.15) is 11.1 Å². The summed E-state index contributed by atoms with van der Waals surface area (Å²) in [5.74, 6) is -1.54. The van der Waals surface area contributed by atoms with Crippen molar-refractivity contribution in [3.05, 3.63) is 64.4 Å². The Hall–Kier alpha value is -2.67. The Bertz CT molecular complexity index is 1010. The van der Waals surface area contributed by atoms with Gasteiger partial charge in [0.25, 0.3) is 0 Å². The fourth-order valence-corrected chi connectivity index (χ4v) is 4.19. The summed E-state index contributed by atoms with van der Waals surface area (Å²) in [5, 5.41) is 0. The molecule has 1 heterocycles. The predicted octanol–water partition coefficient (Wildman–Crippen LogP) is 3.38. The second-order valence-corrected chi connectivity index (χ2v) is 7.65. The number of carbonyl (C=O) groups is 1. The van der Waals surface area contributed by atoms with Gasteiger partial charge < -0.3 is 9.64 Å². The molecule has 0 radical (unpaired) electrons. The summed E-state index contributed by atoms with van der Waals surface area (Å²) in [7, 11) is -2.98. The zero-order chi connectivity index (χ0) is 18.4. The van der Waals surface area contributed by atoms with Crippen molar-refractivity contribution in [1.29, 1.82) is 0 Å². The van der Waals surface area contributed by atoms with Gasteiger partial charge in [0.2, 0.25) is 9.84 Å². The fraction of sp³-hybridized carbons (Fsp3) is 0.167. The highest BCUT2D eigenvalue weighted by atomic mass is 32.2. The molecule has 3 rings (SSSR count). The first-order valence-corrected chi connectivity index (χ1v) is 8.95. The maximum absolute atomic E-state index is 13.8. The Labute approximate surface area is 145 Å². The number of sulfone groups is 1. The average molecular weight is 361 g/mol. The van der Waals surface area contributed by atoms with Gasteiger partial charge in [-0.15, -0.1) is 0 Å². The van der Waals surface area contributed by atoms with E-state index >= 15 is 0 Å². The summed E-state index contributed by atoms with van der Waals surface area (Å²) in [6.07, 6.45) is 1.19. The highest BCUT2D eigenvalue weighted by Crippen LogP contribution is 2.41. The lowest BCUT2D eigenvalue weighted by Gasteiger charge is -2.29. The third-order valence-corrected chi connectivity index (χ3v) is 5.79. The minimum absolute atomic E-state index is 0.141. The van der Waals surface area contributed by atoms with E-state index in [1.807, 2.05) is 32.0 Å². The van der Waals surface area contributed by atoms with Gasteiger partial charge in [0.05, 0.1) is 17.7 Å². The van der Waals surface area contributed by atoms with Crippen molar-refractivity contribution in [2.75, 3.05) is 12.0 Å². The number of esters is 1. The maximum atomic E-state index is 13.8. The van der Waals surface area contributed by atoms with Crippen molar-refractivity contribution in [2.24, 2.45) is 0 Å². The molecule has 0 spiro atoms. The molecule has 0 aromatic heterocycles. The molecular weight excluding hydrogens is 345 g/mol. The van der Waals surface area contributed by atoms with E-state index in [9.17, 15) is 17.6 Å². The number of methoxy groups -OCH3 is 1. The zero-order valence-electron chi connectivity index (χ0n) is 13.9. The largest absolute Gasteiger partial charge is 0.465 e. The van der Waals surface area contributed by atoms with E-state index < -0.39 is 26.5 Å². The van der Waals surface area contributed by atoms with Crippen LogP contribution in [-0.2, 0) is 19.4 Å². The average Bonchev–Trinajstić information content (AvgIpc) is 2.56. The lowest BCUT2D eigenvalue weighted by molar-refractivity contribution is -0.135. The molecule has 1 aliphatic heterocycles. The van der Waals surface area contributed by atoms with E-state index in [4.69, 9.17) is 0 Å². The van der Waals surface area contributed by atoms with Gasteiger partial charge in [-0.1, -0.05) is 12.1 Å². The van der Waals surface area contributed by atoms with Crippen LogP contribution in [0.5, 0.6) is 0 Å². The van der Waals surface area contributed by atoms with Crippen LogP contribution >= 0.6 is 0 Å². The van der Waals surface area contributed by atoms with Crippen molar-refractivity contribution in [2.45, 2.75) is 18.7 Å². The predicted molar refractivity (Wildman–Crippen MR) is 91.7 cm³/mol. The lowest BCUT2D eigenvalue weighted by Crippen LogP contribution is -2.26. The molecule has 25 heavy (non-hydrogen) atoms. The first kappa shape index (κ1) is 17.2. The number of hydrogen-bond donors (Lipinski definition) is 0. The molecule has 0 fully saturated rings. The molecule has 0 amide bonds. The van der Waals surface area contributed by atoms with Crippen LogP contribution in [0.3, 0.4) is 0 Å². The van der Waals surface area contributed by atoms with Gasteiger partial charge in [-0.05, 0) is 49.2 Å². The summed E-state index contributed by atoms with van der Waals surface area (Å²) < 4.78 is 43.9. The first-order valence-electron chi connectivity index (χ1n) is 7.47. The zero-order valence-corrected chi connectivity index (χ0v) is 14.7. The normalized spacial score (nSPS) is 15.4. The van der Waals surface area contributed by atoms with E-state index in [2.05, 4.69) is 4.74 Å². The minimum atomic E-state index is -4.10. The SMILES string of the molecule is COC(=O)C1=CN(c2cc(C)ccc2C)c2cc(F)ccc2S1(=O)=O. The van der Waals surface area contributed by atoms with Crippen molar-refractivity contribution in [3.63, 3.8) is 0 Å². The molecule has 0 saturated carbocycles. The van der Waals surface area contributed by atoms with Crippen molar-refractivity contribution >= 4 is 27.2 Å². The van der Waals surface area contributed by atoms with E-state index in [1.54, 1.807) is 0 Å². The van der Waals surface area contributed by atoms with E-state index in [-0.39, 0.29) is 10.6 Å². The van der Waals surface area contributed by atoms with Crippen LogP contribution in [0, 0.1) is 19.7 Å². The maximum Gasteiger partial charge on any atom is 0.351 e. The molecule has 0 bridgehead atoms. The minimum Gasteiger partial charge on any atom is -0.465 e. The van der Waals surface area contributed by atoms with Gasteiger partial charge in [-0.25, -0.2) is 17.6 Å². The summed E-state index contributed by atoms with van der Waals surface area (Å²) in [6, 6.07) is 8.98. The van der Waals surface area contributed by atoms with Crippen LogP contribution in [0.2, 0.25) is 0 Å². The van der Waals surface area contributed by atoms with Gasteiger partial charge >= 0.3 is 5.97 Å². The molecule has 0 atom stereocenters. The number of anilines is 2. The van der Waals surface area contributed by atoms with E-state index in [1.165, 1.54) is 11.1 Å². The molecule has 0 saturated heterocycles. The van der Waals surface area contributed by atoms with Crippen molar-refractivity contribution < 1.29 is 22.3 Å². The molecule has 1 aliphatic rings. The van der Waals surface area contributed by atoms with Crippen LogP contribution in [0.4, 0.5) is 15.8 Å². The molecule has 7 heteroatoms. The van der Waals surface area contributed by atoms with Gasteiger partial charge in [-0.2, -0.15) is 0 Å². The Morgan fingerprint density at radius 1 is 1.08 bits per heavy atom. The monoisotopic (exact) mass is 361 g/mol. The van der Waals surface area contributed by atoms with Crippen LogP contribution in [0.25, 0.3) is 0 Å². The van der Waals surface area contributed by atoms with Gasteiger partial charge in [-0.3, -0.25) is 0 Å². The van der Waals surface area contributed by atoms with Gasteiger partial charge in [0, 0.05) is 11.9 Å². The number of rotatable bonds is 2. The second-order valence-electron chi connectivity index (χ2n) is 5.76. The molecule has 0 aliphatic carbocycles. The molecule has 0 N–H and O–H groups in total. The molecule has 2 aromatic rings. The van der Waals surface area contributed by atoms with Crippen molar-refractivity contribution in [1.82, 2.24) is 0 Å². The number of carbonyl (C=O) groups excluding carboxylic acids is 1. The molecule has 2 aromatic carbocycles. The first-order chi connectivity index (χ1) is 11.8. The quantitative estimate of drug-likeness (QED) is 0.606. The van der Waals surface area contributed by atoms with Crippen molar-refractivity contribution in [3.8, 4) is 0 Å². The van der Waals surface area contributed by atoms with Gasteiger partial charge in [0.15, 0.2) is 4.91 Å². The van der Waals surface area contributed by atoms with Crippen LogP contribution < -0.4 is 4.90 Å². The van der Waals surface area contributed by atoms with Crippen LogP contribution in [-0.4, -0.2) is 21.5 Å². The number of hydrogen-bond acceptors (Lipinski definition) is 5. The summed E-state index contributed by atoms with van der Waals surface area (Å²) in [6.45, 7) is 3.74. The number of ether oxygens (including phenoxy) is 1. The van der Waals surface area contributed by atoms with Gasteiger partial charge in [0.1, 0.15) is 5.82 Å². The highest BCUT2D eigenvalue weighted by molar-refractivity contribution is 7.96. The topological polar surface area (TPSA) is 63.7 Å². The molecule has 5 nitrogen and oxygen atoms in total. The molecular formula is C18H16FNO4S. The third kappa shape index (κ3) is 2.80. The second kappa shape index (κ2) is 6.00. The number of aryl methyl sites for hydroxylation is 2. The summed E-state index contributed by atoms with van der Waals surface area (Å²) in [4.78, 5) is 12.9. The third-order valence-electron chi connectivity index (χ3n) is 4.02. The van der Waals surface area contributed by atoms with E-state index in [0.29, 0.717) is 5.69 Å². The summed E-state index contributed by atoms with van der Waals surface area (Å²) >= 11 is 0. The number of benzene rings is 2. The fourth-order valence-electron chi connectivity index (χ4n) is 2.72. The summed E-state index contributed by atoms with van der Waals surface area (Å²) in [5.41, 5.74) is 2.60. The lowest BCUT2D eigenvalue weighted by atomic mass is 10.1. The Balaban J connectivity index is 2.35. The Morgan fingerprint density at radius 3 is 2.48 bits per heavy atom. The highest BCUT2D eigenvalue weighted by Gasteiger charge is 2.37. The van der Waals surface area contributed by atoms with E-state index in [0.717, 1.165) is 36.4 Å². The standard InChI is InChI=1S/C18H16FNO4S/c1-11-4-5-12(2)14(8-11)20-10-17(18(21)24-3)25(22,23)16-7-6-13(19)9-15(16)20/h4-10H,1-3H3. The van der Waals surface area contributed by atoms with Crippen LogP contribution in [0.15, 0.2) is 52.4 Å². The molecule has 130 valence electrons. The number of fused-ring (bicyclic) bond motifs is 1. The Kier molecular flexibility index (Phi) is 4.12. The molecule has 0 unspecified atom stereocenters.